The molecule has 2 saturated heterocycles. The number of nitrogens with zero attached hydrogens (tertiary/aromatic N) is 2. The van der Waals surface area contributed by atoms with E-state index >= 15 is 0 Å². The van der Waals surface area contributed by atoms with E-state index in [9.17, 15) is 9.59 Å². The van der Waals surface area contributed by atoms with Crippen LogP contribution in [0.4, 0.5) is 0 Å². The van der Waals surface area contributed by atoms with Crippen LogP contribution >= 0.6 is 0 Å². The van der Waals surface area contributed by atoms with Crippen LogP contribution in [0, 0.1) is 5.41 Å². The molecule has 2 amide bonds. The summed E-state index contributed by atoms with van der Waals surface area (Å²) in [5.74, 6) is 0.815. The Morgan fingerprint density at radius 3 is 2.74 bits per heavy atom. The molecule has 3 N–H and O–H groups in total. The zero-order chi connectivity index (χ0) is 17.1. The number of aliphatic imine (C=N–C) groups is 1. The van der Waals surface area contributed by atoms with Gasteiger partial charge in [0.25, 0.3) is 0 Å². The van der Waals surface area contributed by atoms with Crippen molar-refractivity contribution in [3.63, 3.8) is 0 Å². The van der Waals surface area contributed by atoms with E-state index in [1.165, 1.54) is 0 Å². The summed E-state index contributed by atoms with van der Waals surface area (Å²) in [5, 5.41) is 9.01. The maximum absolute atomic E-state index is 12.0. The summed E-state index contributed by atoms with van der Waals surface area (Å²) in [6.07, 6.45) is 2.68. The third-order valence-corrected chi connectivity index (χ3v) is 4.29. The summed E-state index contributed by atoms with van der Waals surface area (Å²) in [6.45, 7) is 8.51. The van der Waals surface area contributed by atoms with Crippen LogP contribution in [0.15, 0.2) is 4.99 Å². The van der Waals surface area contributed by atoms with Gasteiger partial charge in [0.05, 0.1) is 6.54 Å². The SMILES string of the molecule is CN=C(NCC(=O)NC(C)(C)C)N1CCCC2(CNC(=O)C2)C1. The van der Waals surface area contributed by atoms with Crippen molar-refractivity contribution in [1.82, 2.24) is 20.9 Å². The average molecular weight is 323 g/mol. The largest absolute Gasteiger partial charge is 0.355 e. The Balaban J connectivity index is 1.91. The van der Waals surface area contributed by atoms with E-state index in [0.29, 0.717) is 6.42 Å². The highest BCUT2D eigenvalue weighted by Gasteiger charge is 2.42. The number of guanidine groups is 1. The maximum atomic E-state index is 12.0. The number of amides is 2. The Morgan fingerprint density at radius 1 is 1.43 bits per heavy atom. The highest BCUT2D eigenvalue weighted by atomic mass is 16.2. The molecule has 0 aliphatic carbocycles. The standard InChI is InChI=1S/C16H29N5O2/c1-15(2,3)20-13(23)9-18-14(17-4)21-7-5-6-16(11-21)8-12(22)19-10-16/h5-11H2,1-4H3,(H,17,18)(H,19,22)(H,20,23). The van der Waals surface area contributed by atoms with Gasteiger partial charge in [0.1, 0.15) is 0 Å². The molecule has 1 atom stereocenters. The van der Waals surface area contributed by atoms with Crippen LogP contribution in [0.25, 0.3) is 0 Å². The molecular weight excluding hydrogens is 294 g/mol. The average Bonchev–Trinajstić information content (AvgIpc) is 2.78. The van der Waals surface area contributed by atoms with E-state index in [0.717, 1.165) is 38.4 Å². The fourth-order valence-corrected chi connectivity index (χ4v) is 3.38. The van der Waals surface area contributed by atoms with Crippen LogP contribution in [0.3, 0.4) is 0 Å². The molecule has 7 heteroatoms. The third kappa shape index (κ3) is 4.84. The smallest absolute Gasteiger partial charge is 0.239 e. The first-order chi connectivity index (χ1) is 10.7. The quantitative estimate of drug-likeness (QED) is 0.496. The first-order valence-corrected chi connectivity index (χ1v) is 8.26. The number of likely N-dealkylation sites (tertiary alicyclic amines) is 1. The predicted octanol–water partition coefficient (Wildman–Crippen LogP) is 0.0786. The third-order valence-electron chi connectivity index (χ3n) is 4.29. The number of nitrogens with one attached hydrogen (secondary N) is 3. The lowest BCUT2D eigenvalue weighted by molar-refractivity contribution is -0.121. The van der Waals surface area contributed by atoms with Gasteiger partial charge >= 0.3 is 0 Å². The van der Waals surface area contributed by atoms with Gasteiger partial charge in [-0.1, -0.05) is 0 Å². The molecule has 0 aromatic rings. The second-order valence-corrected chi connectivity index (χ2v) is 7.68. The molecule has 0 aromatic heterocycles. The van der Waals surface area contributed by atoms with Crippen LogP contribution in [-0.2, 0) is 9.59 Å². The van der Waals surface area contributed by atoms with Crippen LogP contribution in [-0.4, -0.2) is 61.4 Å². The zero-order valence-corrected chi connectivity index (χ0v) is 14.7. The Morgan fingerprint density at radius 2 is 2.17 bits per heavy atom. The van der Waals surface area contributed by atoms with Gasteiger partial charge in [-0.25, -0.2) is 0 Å². The molecule has 130 valence electrons. The summed E-state index contributed by atoms with van der Waals surface area (Å²) < 4.78 is 0. The van der Waals surface area contributed by atoms with Crippen molar-refractivity contribution >= 4 is 17.8 Å². The van der Waals surface area contributed by atoms with Crippen LogP contribution in [0.1, 0.15) is 40.0 Å². The minimum Gasteiger partial charge on any atom is -0.355 e. The summed E-state index contributed by atoms with van der Waals surface area (Å²) in [5.41, 5.74) is -0.228. The van der Waals surface area contributed by atoms with E-state index < -0.39 is 0 Å². The molecule has 1 unspecified atom stereocenters. The molecule has 0 aromatic carbocycles. The first kappa shape index (κ1) is 17.6. The minimum absolute atomic E-state index is 0.0145. The molecule has 2 aliphatic rings. The van der Waals surface area contributed by atoms with Crippen molar-refractivity contribution in [2.45, 2.75) is 45.6 Å². The zero-order valence-electron chi connectivity index (χ0n) is 14.7. The van der Waals surface area contributed by atoms with Crippen molar-refractivity contribution in [3.05, 3.63) is 0 Å². The highest BCUT2D eigenvalue weighted by molar-refractivity contribution is 5.87. The Kier molecular flexibility index (Phi) is 5.16. The molecule has 0 saturated carbocycles. The normalized spacial score (nSPS) is 25.5. The summed E-state index contributed by atoms with van der Waals surface area (Å²) >= 11 is 0. The number of hydrogen-bond acceptors (Lipinski definition) is 3. The van der Waals surface area contributed by atoms with Gasteiger partial charge < -0.3 is 20.9 Å². The van der Waals surface area contributed by atoms with E-state index in [2.05, 4.69) is 25.8 Å². The maximum Gasteiger partial charge on any atom is 0.239 e. The molecule has 2 fully saturated rings. The van der Waals surface area contributed by atoms with E-state index in [-0.39, 0.29) is 29.3 Å². The lowest BCUT2D eigenvalue weighted by Gasteiger charge is -2.40. The summed E-state index contributed by atoms with van der Waals surface area (Å²) in [7, 11) is 1.73. The molecule has 1 spiro atoms. The van der Waals surface area contributed by atoms with Gasteiger partial charge in [-0.05, 0) is 33.6 Å². The Hall–Kier alpha value is -1.79. The molecule has 0 bridgehead atoms. The van der Waals surface area contributed by atoms with Crippen LogP contribution in [0.2, 0.25) is 0 Å². The van der Waals surface area contributed by atoms with Gasteiger partial charge in [0.2, 0.25) is 11.8 Å². The van der Waals surface area contributed by atoms with Crippen LogP contribution in [0.5, 0.6) is 0 Å². The van der Waals surface area contributed by atoms with Gasteiger partial charge in [0.15, 0.2) is 5.96 Å². The number of carbonyl (C=O) groups excluding carboxylic acids is 2. The Bertz CT molecular complexity index is 497. The van der Waals surface area contributed by atoms with Gasteiger partial charge in [-0.2, -0.15) is 0 Å². The monoisotopic (exact) mass is 323 g/mol. The van der Waals surface area contributed by atoms with Gasteiger partial charge in [0, 0.05) is 44.1 Å². The van der Waals surface area contributed by atoms with Gasteiger partial charge in [-0.15, -0.1) is 0 Å². The number of hydrogen-bond donors (Lipinski definition) is 3. The fourth-order valence-electron chi connectivity index (χ4n) is 3.38. The highest BCUT2D eigenvalue weighted by Crippen LogP contribution is 2.35. The van der Waals surface area contributed by atoms with Crippen molar-refractivity contribution in [3.8, 4) is 0 Å². The van der Waals surface area contributed by atoms with Gasteiger partial charge in [-0.3, -0.25) is 14.6 Å². The van der Waals surface area contributed by atoms with E-state index in [4.69, 9.17) is 0 Å². The molecular formula is C16H29N5O2. The molecule has 23 heavy (non-hydrogen) atoms. The predicted molar refractivity (Wildman–Crippen MR) is 90.1 cm³/mol. The molecule has 2 rings (SSSR count). The number of rotatable bonds is 2. The lowest BCUT2D eigenvalue weighted by atomic mass is 9.79. The van der Waals surface area contributed by atoms with E-state index in [1.807, 2.05) is 20.8 Å². The fraction of sp³-hybridized carbons (Fsp3) is 0.812. The first-order valence-electron chi connectivity index (χ1n) is 8.26. The molecule has 0 radical (unpaired) electrons. The summed E-state index contributed by atoms with van der Waals surface area (Å²) in [4.78, 5) is 30.0. The van der Waals surface area contributed by atoms with E-state index in [1.54, 1.807) is 7.05 Å². The van der Waals surface area contributed by atoms with Crippen LogP contribution < -0.4 is 16.0 Å². The minimum atomic E-state index is -0.243. The van der Waals surface area contributed by atoms with Crippen molar-refractivity contribution in [1.29, 1.82) is 0 Å². The molecule has 2 heterocycles. The van der Waals surface area contributed by atoms with Crippen molar-refractivity contribution < 1.29 is 9.59 Å². The second kappa shape index (κ2) is 6.76. The Labute approximate surface area is 138 Å². The van der Waals surface area contributed by atoms with Crippen molar-refractivity contribution in [2.24, 2.45) is 10.4 Å². The topological polar surface area (TPSA) is 85.8 Å². The molecule has 2 aliphatic heterocycles. The second-order valence-electron chi connectivity index (χ2n) is 7.68. The number of carbonyl (C=O) groups is 2. The molecule has 7 nitrogen and oxygen atoms in total. The van der Waals surface area contributed by atoms with Crippen molar-refractivity contribution in [2.75, 3.05) is 33.2 Å². The number of piperidine rings is 1. The lowest BCUT2D eigenvalue weighted by Crippen LogP contribution is -2.53. The summed E-state index contributed by atoms with van der Waals surface area (Å²) in [6, 6.07) is 0.